The molecule has 0 radical (unpaired) electrons. The molecule has 2 aromatic rings. The molecule has 0 atom stereocenters. The smallest absolute Gasteiger partial charge is 0.316 e. The topological polar surface area (TPSA) is 55.4 Å². The summed E-state index contributed by atoms with van der Waals surface area (Å²) in [6, 6.07) is 9.04. The van der Waals surface area contributed by atoms with Crippen molar-refractivity contribution in [1.29, 1.82) is 0 Å². The summed E-state index contributed by atoms with van der Waals surface area (Å²) in [5, 5.41) is 2.05. The molecule has 0 saturated heterocycles. The fraction of sp³-hybridized carbons (Fsp3) is 0.222. The maximum absolute atomic E-state index is 13.4. The molecule has 0 saturated carbocycles. The third kappa shape index (κ3) is 5.56. The van der Waals surface area contributed by atoms with Crippen LogP contribution < -0.4 is 5.32 Å². The fourth-order valence-corrected chi connectivity index (χ4v) is 2.72. The highest BCUT2D eigenvalue weighted by Crippen LogP contribution is 2.21. The first-order chi connectivity index (χ1) is 11.9. The van der Waals surface area contributed by atoms with Crippen LogP contribution in [0.3, 0.4) is 0 Å². The van der Waals surface area contributed by atoms with Crippen molar-refractivity contribution in [3.63, 3.8) is 0 Å². The Kier molecular flexibility index (Phi) is 6.52. The number of nitrogens with one attached hydrogen (secondary N) is 1. The number of halogens is 2. The average molecular weight is 365 g/mol. The first-order valence-corrected chi connectivity index (χ1v) is 8.45. The monoisotopic (exact) mass is 365 g/mol. The zero-order chi connectivity index (χ0) is 18.4. The maximum Gasteiger partial charge on any atom is 0.316 e. The Labute approximate surface area is 148 Å². The molecule has 0 aliphatic rings. The van der Waals surface area contributed by atoms with Gasteiger partial charge in [-0.15, -0.1) is 11.8 Å². The van der Waals surface area contributed by atoms with Gasteiger partial charge < -0.3 is 10.1 Å². The molecule has 2 aromatic carbocycles. The predicted molar refractivity (Wildman–Crippen MR) is 92.6 cm³/mol. The van der Waals surface area contributed by atoms with Crippen LogP contribution in [0.2, 0.25) is 0 Å². The number of hydrogen-bond acceptors (Lipinski definition) is 4. The molecule has 2 rings (SSSR count). The van der Waals surface area contributed by atoms with Crippen molar-refractivity contribution in [2.24, 2.45) is 0 Å². The van der Waals surface area contributed by atoms with Crippen LogP contribution in [0.25, 0.3) is 0 Å². The average Bonchev–Trinajstić information content (AvgIpc) is 2.57. The number of amides is 1. The van der Waals surface area contributed by atoms with Crippen LogP contribution in [0.1, 0.15) is 11.1 Å². The lowest BCUT2D eigenvalue weighted by Gasteiger charge is -2.08. The zero-order valence-corrected chi connectivity index (χ0v) is 14.6. The van der Waals surface area contributed by atoms with Crippen LogP contribution in [0.4, 0.5) is 14.5 Å². The highest BCUT2D eigenvalue weighted by atomic mass is 32.2. The summed E-state index contributed by atoms with van der Waals surface area (Å²) in [6.07, 6.45) is 0. The molecule has 0 unspecified atom stereocenters. The van der Waals surface area contributed by atoms with Crippen molar-refractivity contribution in [1.82, 2.24) is 0 Å². The van der Waals surface area contributed by atoms with E-state index in [-0.39, 0.29) is 5.75 Å². The first kappa shape index (κ1) is 18.9. The SMILES string of the molecule is Cc1ccc(SCC(=O)OCC(=O)Nc2c(F)cccc2F)cc1C. The third-order valence-electron chi connectivity index (χ3n) is 3.43. The van der Waals surface area contributed by atoms with Crippen LogP contribution in [0.5, 0.6) is 0 Å². The van der Waals surface area contributed by atoms with E-state index in [4.69, 9.17) is 4.74 Å². The molecule has 0 heterocycles. The number of thioether (sulfide) groups is 1. The number of para-hydroxylation sites is 1. The molecular weight excluding hydrogens is 348 g/mol. The Morgan fingerprint density at radius 3 is 2.40 bits per heavy atom. The lowest BCUT2D eigenvalue weighted by atomic mass is 10.1. The number of carbonyl (C=O) groups is 2. The second-order valence-corrected chi connectivity index (χ2v) is 6.39. The fourth-order valence-electron chi connectivity index (χ4n) is 1.93. The highest BCUT2D eigenvalue weighted by molar-refractivity contribution is 8.00. The maximum atomic E-state index is 13.4. The minimum atomic E-state index is -0.898. The van der Waals surface area contributed by atoms with Gasteiger partial charge in [-0.05, 0) is 49.2 Å². The summed E-state index contributed by atoms with van der Waals surface area (Å²) in [5.74, 6) is -3.17. The van der Waals surface area contributed by atoms with E-state index in [1.54, 1.807) is 0 Å². The van der Waals surface area contributed by atoms with Gasteiger partial charge in [0.2, 0.25) is 0 Å². The van der Waals surface area contributed by atoms with E-state index in [1.165, 1.54) is 17.8 Å². The molecule has 7 heteroatoms. The Morgan fingerprint density at radius 1 is 1.08 bits per heavy atom. The van der Waals surface area contributed by atoms with Gasteiger partial charge in [0.25, 0.3) is 5.91 Å². The number of anilines is 1. The standard InChI is InChI=1S/C18H17F2NO3S/c1-11-6-7-13(8-12(11)2)25-10-17(23)24-9-16(22)21-18-14(19)4-3-5-15(18)20/h3-8H,9-10H2,1-2H3,(H,21,22). The number of aryl methyl sites for hydroxylation is 2. The molecule has 0 spiro atoms. The molecular formula is C18H17F2NO3S. The first-order valence-electron chi connectivity index (χ1n) is 7.46. The Hall–Kier alpha value is -2.41. The van der Waals surface area contributed by atoms with Crippen LogP contribution in [0, 0.1) is 25.5 Å². The van der Waals surface area contributed by atoms with Crippen LogP contribution in [0.15, 0.2) is 41.3 Å². The molecule has 0 fully saturated rings. The van der Waals surface area contributed by atoms with E-state index >= 15 is 0 Å². The Balaban J connectivity index is 1.79. The van der Waals surface area contributed by atoms with Gasteiger partial charge in [0.05, 0.1) is 5.75 Å². The molecule has 4 nitrogen and oxygen atoms in total. The van der Waals surface area contributed by atoms with Crippen molar-refractivity contribution >= 4 is 29.3 Å². The van der Waals surface area contributed by atoms with E-state index in [1.807, 2.05) is 37.4 Å². The largest absolute Gasteiger partial charge is 0.455 e. The molecule has 1 N–H and O–H groups in total. The molecule has 0 bridgehead atoms. The van der Waals surface area contributed by atoms with E-state index in [9.17, 15) is 18.4 Å². The third-order valence-corrected chi connectivity index (χ3v) is 4.39. The quantitative estimate of drug-likeness (QED) is 0.624. The second-order valence-electron chi connectivity index (χ2n) is 5.34. The second kappa shape index (κ2) is 8.62. The minimum absolute atomic E-state index is 0.0316. The van der Waals surface area contributed by atoms with Crippen LogP contribution in [-0.4, -0.2) is 24.2 Å². The summed E-state index contributed by atoms with van der Waals surface area (Å²) in [4.78, 5) is 24.3. The normalized spacial score (nSPS) is 10.4. The van der Waals surface area contributed by atoms with E-state index < -0.39 is 35.8 Å². The van der Waals surface area contributed by atoms with Gasteiger partial charge in [0, 0.05) is 4.90 Å². The van der Waals surface area contributed by atoms with E-state index in [2.05, 4.69) is 0 Å². The lowest BCUT2D eigenvalue weighted by molar-refractivity contribution is -0.144. The van der Waals surface area contributed by atoms with Crippen molar-refractivity contribution in [3.8, 4) is 0 Å². The number of benzene rings is 2. The van der Waals surface area contributed by atoms with Gasteiger partial charge >= 0.3 is 5.97 Å². The summed E-state index contributed by atoms with van der Waals surface area (Å²) in [5.41, 5.74) is 1.71. The molecule has 0 aromatic heterocycles. The summed E-state index contributed by atoms with van der Waals surface area (Å²) < 4.78 is 31.6. The Morgan fingerprint density at radius 2 is 1.76 bits per heavy atom. The predicted octanol–water partition coefficient (Wildman–Crippen LogP) is 3.86. The highest BCUT2D eigenvalue weighted by Gasteiger charge is 2.13. The lowest BCUT2D eigenvalue weighted by Crippen LogP contribution is -2.22. The summed E-state index contributed by atoms with van der Waals surface area (Å²) in [6.45, 7) is 3.36. The van der Waals surface area contributed by atoms with Crippen LogP contribution in [-0.2, 0) is 14.3 Å². The molecule has 0 aliphatic carbocycles. The number of rotatable bonds is 6. The van der Waals surface area contributed by atoms with Gasteiger partial charge in [0.15, 0.2) is 6.61 Å². The van der Waals surface area contributed by atoms with E-state index in [0.29, 0.717) is 0 Å². The van der Waals surface area contributed by atoms with Crippen molar-refractivity contribution in [2.45, 2.75) is 18.7 Å². The number of carbonyl (C=O) groups excluding carboxylic acids is 2. The van der Waals surface area contributed by atoms with Gasteiger partial charge in [0.1, 0.15) is 17.3 Å². The molecule has 132 valence electrons. The number of esters is 1. The van der Waals surface area contributed by atoms with Gasteiger partial charge in [-0.3, -0.25) is 9.59 Å². The van der Waals surface area contributed by atoms with Crippen molar-refractivity contribution in [2.75, 3.05) is 17.7 Å². The zero-order valence-electron chi connectivity index (χ0n) is 13.8. The van der Waals surface area contributed by atoms with Gasteiger partial charge in [-0.1, -0.05) is 12.1 Å². The number of ether oxygens (including phenoxy) is 1. The van der Waals surface area contributed by atoms with Crippen molar-refractivity contribution < 1.29 is 23.1 Å². The summed E-state index contributed by atoms with van der Waals surface area (Å²) in [7, 11) is 0. The Bertz CT molecular complexity index is 776. The molecule has 25 heavy (non-hydrogen) atoms. The van der Waals surface area contributed by atoms with E-state index in [0.717, 1.165) is 28.2 Å². The minimum Gasteiger partial charge on any atom is -0.455 e. The molecule has 1 amide bonds. The molecule has 0 aliphatic heterocycles. The number of hydrogen-bond donors (Lipinski definition) is 1. The summed E-state index contributed by atoms with van der Waals surface area (Å²) >= 11 is 1.29. The van der Waals surface area contributed by atoms with Crippen molar-refractivity contribution in [3.05, 3.63) is 59.2 Å². The van der Waals surface area contributed by atoms with Gasteiger partial charge in [-0.25, -0.2) is 8.78 Å². The van der Waals surface area contributed by atoms with Crippen LogP contribution >= 0.6 is 11.8 Å². The van der Waals surface area contributed by atoms with Gasteiger partial charge in [-0.2, -0.15) is 0 Å².